The van der Waals surface area contributed by atoms with Crippen LogP contribution in [0.5, 0.6) is 0 Å². The average molecular weight is 413 g/mol. The minimum atomic E-state index is -4.72. The van der Waals surface area contributed by atoms with Crippen molar-refractivity contribution in [3.05, 3.63) is 33.8 Å². The van der Waals surface area contributed by atoms with E-state index in [9.17, 15) is 26.7 Å². The maximum Gasteiger partial charge on any atom is 0.416 e. The Hall–Kier alpha value is -0.930. The fourth-order valence-corrected chi connectivity index (χ4v) is 2.03. The molecule has 0 unspecified atom stereocenters. The van der Waals surface area contributed by atoms with E-state index in [0.717, 1.165) is 12.1 Å². The number of ether oxygens (including phenoxy) is 1. The summed E-state index contributed by atoms with van der Waals surface area (Å²) < 4.78 is 69.5. The second-order valence-electron chi connectivity index (χ2n) is 4.09. The van der Waals surface area contributed by atoms with Gasteiger partial charge in [0.15, 0.2) is 0 Å². The number of nitrogens with two attached hydrogens (primary N) is 1. The van der Waals surface area contributed by atoms with Gasteiger partial charge in [-0.2, -0.15) is 22.0 Å². The normalized spacial score (nSPS) is 13.3. The van der Waals surface area contributed by atoms with Crippen molar-refractivity contribution in [2.24, 2.45) is 5.73 Å². The SMILES string of the molecule is CCOC(=O)C(F)(F)[C@H](N)c1cc(Br)cc(C(F)(F)F)c1.Cl. The lowest BCUT2D eigenvalue weighted by Crippen LogP contribution is -2.41. The van der Waals surface area contributed by atoms with Crippen LogP contribution >= 0.6 is 28.3 Å². The first-order valence-corrected chi connectivity index (χ1v) is 6.47. The summed E-state index contributed by atoms with van der Waals surface area (Å²) in [5, 5.41) is 0. The van der Waals surface area contributed by atoms with Gasteiger partial charge in [-0.1, -0.05) is 15.9 Å². The van der Waals surface area contributed by atoms with E-state index in [-0.39, 0.29) is 23.5 Å². The molecule has 0 aliphatic carbocycles. The molecule has 10 heteroatoms. The molecule has 1 aromatic carbocycles. The predicted molar refractivity (Wildman–Crippen MR) is 74.9 cm³/mol. The summed E-state index contributed by atoms with van der Waals surface area (Å²) in [6.07, 6.45) is -4.72. The van der Waals surface area contributed by atoms with Gasteiger partial charge < -0.3 is 10.5 Å². The Balaban J connectivity index is 0.00000441. The number of rotatable bonds is 4. The summed E-state index contributed by atoms with van der Waals surface area (Å²) >= 11 is 2.79. The van der Waals surface area contributed by atoms with E-state index >= 15 is 0 Å². The van der Waals surface area contributed by atoms with Crippen molar-refractivity contribution in [1.29, 1.82) is 0 Å². The molecule has 0 aromatic heterocycles. The molecule has 0 saturated heterocycles. The predicted octanol–water partition coefficient (Wildman–Crippen LogP) is 4.09. The van der Waals surface area contributed by atoms with Crippen LogP contribution in [0.3, 0.4) is 0 Å². The molecule has 2 N–H and O–H groups in total. The molecular formula is C12H12BrClF5NO2. The topological polar surface area (TPSA) is 52.3 Å². The number of halogens is 7. The smallest absolute Gasteiger partial charge is 0.416 e. The number of hydrogen-bond acceptors (Lipinski definition) is 3. The molecule has 1 rings (SSSR count). The summed E-state index contributed by atoms with van der Waals surface area (Å²) in [5.74, 6) is -6.02. The van der Waals surface area contributed by atoms with E-state index in [1.165, 1.54) is 6.92 Å². The van der Waals surface area contributed by atoms with Crippen molar-refractivity contribution >= 4 is 34.3 Å². The van der Waals surface area contributed by atoms with Crippen molar-refractivity contribution in [1.82, 2.24) is 0 Å². The van der Waals surface area contributed by atoms with Gasteiger partial charge in [0.2, 0.25) is 0 Å². The Morgan fingerprint density at radius 1 is 1.27 bits per heavy atom. The van der Waals surface area contributed by atoms with Crippen molar-refractivity contribution < 1.29 is 31.5 Å². The number of carbonyl (C=O) groups is 1. The van der Waals surface area contributed by atoms with Gasteiger partial charge in [-0.15, -0.1) is 12.4 Å². The lowest BCUT2D eigenvalue weighted by atomic mass is 9.99. The van der Waals surface area contributed by atoms with Crippen LogP contribution in [0, 0.1) is 0 Å². The zero-order valence-corrected chi connectivity index (χ0v) is 13.5. The molecule has 0 bridgehead atoms. The Bertz CT molecular complexity index is 539. The lowest BCUT2D eigenvalue weighted by molar-refractivity contribution is -0.174. The van der Waals surface area contributed by atoms with E-state index in [1.54, 1.807) is 0 Å². The molecule has 22 heavy (non-hydrogen) atoms. The first kappa shape index (κ1) is 21.1. The molecule has 0 radical (unpaired) electrons. The van der Waals surface area contributed by atoms with Gasteiger partial charge in [-0.05, 0) is 30.7 Å². The third-order valence-electron chi connectivity index (χ3n) is 2.54. The van der Waals surface area contributed by atoms with E-state index < -0.39 is 35.2 Å². The molecule has 0 saturated carbocycles. The van der Waals surface area contributed by atoms with Gasteiger partial charge >= 0.3 is 18.1 Å². The Labute approximate surface area is 137 Å². The van der Waals surface area contributed by atoms with E-state index in [2.05, 4.69) is 20.7 Å². The number of hydrogen-bond donors (Lipinski definition) is 1. The largest absolute Gasteiger partial charge is 0.462 e. The number of esters is 1. The maximum atomic E-state index is 13.7. The monoisotopic (exact) mass is 411 g/mol. The summed E-state index contributed by atoms with van der Waals surface area (Å²) in [6.45, 7) is 1.02. The van der Waals surface area contributed by atoms with Crippen molar-refractivity contribution in [3.63, 3.8) is 0 Å². The molecule has 1 atom stereocenters. The van der Waals surface area contributed by atoms with Crippen molar-refractivity contribution in [2.45, 2.75) is 25.1 Å². The highest BCUT2D eigenvalue weighted by molar-refractivity contribution is 9.10. The lowest BCUT2D eigenvalue weighted by Gasteiger charge is -2.22. The Kier molecular flexibility index (Phi) is 7.24. The minimum absolute atomic E-state index is 0. The summed E-state index contributed by atoms with van der Waals surface area (Å²) in [4.78, 5) is 11.2. The first-order valence-electron chi connectivity index (χ1n) is 5.68. The molecule has 0 heterocycles. The zero-order valence-electron chi connectivity index (χ0n) is 11.1. The number of carbonyl (C=O) groups excluding carboxylic acids is 1. The van der Waals surface area contributed by atoms with Crippen molar-refractivity contribution in [2.75, 3.05) is 6.61 Å². The molecule has 3 nitrogen and oxygen atoms in total. The van der Waals surface area contributed by atoms with E-state index in [4.69, 9.17) is 5.73 Å². The second-order valence-corrected chi connectivity index (χ2v) is 5.01. The molecule has 0 aliphatic heterocycles. The van der Waals surface area contributed by atoms with Crippen LogP contribution in [0.4, 0.5) is 22.0 Å². The first-order chi connectivity index (χ1) is 9.50. The van der Waals surface area contributed by atoms with Crippen LogP contribution < -0.4 is 5.73 Å². The van der Waals surface area contributed by atoms with Gasteiger partial charge in [0.25, 0.3) is 0 Å². The van der Waals surface area contributed by atoms with Crippen LogP contribution in [0.1, 0.15) is 24.1 Å². The molecule has 0 aliphatic rings. The second kappa shape index (κ2) is 7.56. The number of benzene rings is 1. The fourth-order valence-electron chi connectivity index (χ4n) is 1.52. The van der Waals surface area contributed by atoms with Crippen molar-refractivity contribution in [3.8, 4) is 0 Å². The van der Waals surface area contributed by atoms with Crippen LogP contribution in [-0.4, -0.2) is 18.5 Å². The Morgan fingerprint density at radius 2 is 1.82 bits per heavy atom. The molecule has 0 spiro atoms. The standard InChI is InChI=1S/C12H11BrF5NO2.ClH/c1-2-21-10(20)11(14,15)9(19)6-3-7(12(16,17)18)5-8(13)4-6;/h3-5,9H,2,19H2,1H3;1H/t9-;/m1./s1. The van der Waals surface area contributed by atoms with Gasteiger partial charge in [0.1, 0.15) is 6.04 Å². The quantitative estimate of drug-likeness (QED) is 0.599. The highest BCUT2D eigenvalue weighted by Gasteiger charge is 2.48. The van der Waals surface area contributed by atoms with E-state index in [1.807, 2.05) is 0 Å². The average Bonchev–Trinajstić information content (AvgIpc) is 2.36. The molecular weight excluding hydrogens is 400 g/mol. The summed E-state index contributed by atoms with van der Waals surface area (Å²) in [7, 11) is 0. The van der Waals surface area contributed by atoms with Crippen LogP contribution in [0.2, 0.25) is 0 Å². The minimum Gasteiger partial charge on any atom is -0.462 e. The summed E-state index contributed by atoms with van der Waals surface area (Å²) in [5.41, 5.74) is 3.56. The molecule has 0 fully saturated rings. The van der Waals surface area contributed by atoms with Gasteiger partial charge in [-0.25, -0.2) is 4.79 Å². The van der Waals surface area contributed by atoms with Crippen LogP contribution in [0.15, 0.2) is 22.7 Å². The summed E-state index contributed by atoms with van der Waals surface area (Å²) in [6, 6.07) is -0.0657. The molecule has 126 valence electrons. The third-order valence-corrected chi connectivity index (χ3v) is 3.00. The van der Waals surface area contributed by atoms with Gasteiger partial charge in [0, 0.05) is 4.47 Å². The van der Waals surface area contributed by atoms with E-state index in [0.29, 0.717) is 6.07 Å². The molecule has 1 aromatic rings. The third kappa shape index (κ3) is 4.79. The van der Waals surface area contributed by atoms with Gasteiger partial charge in [0.05, 0.1) is 12.2 Å². The maximum absolute atomic E-state index is 13.7. The Morgan fingerprint density at radius 3 is 2.27 bits per heavy atom. The fraction of sp³-hybridized carbons (Fsp3) is 0.417. The highest BCUT2D eigenvalue weighted by atomic mass is 79.9. The van der Waals surface area contributed by atoms with Gasteiger partial charge in [-0.3, -0.25) is 0 Å². The number of alkyl halides is 5. The molecule has 0 amide bonds. The van der Waals surface area contributed by atoms with Crippen LogP contribution in [0.25, 0.3) is 0 Å². The zero-order chi connectivity index (χ0) is 16.4. The highest BCUT2D eigenvalue weighted by Crippen LogP contribution is 2.36. The van der Waals surface area contributed by atoms with Crippen LogP contribution in [-0.2, 0) is 15.7 Å².